The van der Waals surface area contributed by atoms with Crippen LogP contribution in [0.2, 0.25) is 0 Å². The van der Waals surface area contributed by atoms with Crippen LogP contribution in [0.3, 0.4) is 0 Å². The molecule has 0 aliphatic heterocycles. The number of thiophene rings is 1. The third-order valence-corrected chi connectivity index (χ3v) is 4.84. The Morgan fingerprint density at radius 3 is 2.42 bits per heavy atom. The summed E-state index contributed by atoms with van der Waals surface area (Å²) in [6, 6.07) is 15.6. The first-order valence-corrected chi connectivity index (χ1v) is 9.18. The van der Waals surface area contributed by atoms with E-state index in [2.05, 4.69) is 5.32 Å². The van der Waals surface area contributed by atoms with E-state index in [1.807, 2.05) is 49.6 Å². The Morgan fingerprint density at radius 2 is 1.81 bits per heavy atom. The van der Waals surface area contributed by atoms with E-state index in [-0.39, 0.29) is 24.4 Å². The van der Waals surface area contributed by atoms with Crippen molar-refractivity contribution in [1.29, 1.82) is 0 Å². The molecule has 0 aliphatic rings. The molecular formula is C21H20FNO2S. The summed E-state index contributed by atoms with van der Waals surface area (Å²) in [4.78, 5) is 13.4. The SMILES string of the molecule is Cc1cc(C)cc(OCC(=O)N[C@H](c2ccc(F)cc2)c2cccs2)c1. The minimum atomic E-state index is -0.328. The molecule has 0 radical (unpaired) electrons. The maximum atomic E-state index is 13.2. The Balaban J connectivity index is 1.70. The number of amides is 1. The summed E-state index contributed by atoms with van der Waals surface area (Å²) in [6.07, 6.45) is 0. The third kappa shape index (κ3) is 4.70. The average Bonchev–Trinajstić information content (AvgIpc) is 3.12. The lowest BCUT2D eigenvalue weighted by atomic mass is 10.1. The van der Waals surface area contributed by atoms with Gasteiger partial charge >= 0.3 is 0 Å². The number of halogens is 1. The van der Waals surface area contributed by atoms with Crippen molar-refractivity contribution in [3.8, 4) is 5.75 Å². The molecule has 3 rings (SSSR count). The van der Waals surface area contributed by atoms with Gasteiger partial charge in [0, 0.05) is 4.88 Å². The van der Waals surface area contributed by atoms with Gasteiger partial charge in [-0.2, -0.15) is 0 Å². The number of hydrogen-bond donors (Lipinski definition) is 1. The number of aryl methyl sites for hydroxylation is 2. The smallest absolute Gasteiger partial charge is 0.258 e. The van der Waals surface area contributed by atoms with E-state index in [0.717, 1.165) is 21.6 Å². The Labute approximate surface area is 156 Å². The normalized spacial score (nSPS) is 11.8. The standard InChI is InChI=1S/C21H20FNO2S/c1-14-10-15(2)12-18(11-14)25-13-20(24)23-21(19-4-3-9-26-19)16-5-7-17(22)8-6-16/h3-12,21H,13H2,1-2H3,(H,23,24)/t21-/m1/s1. The zero-order chi connectivity index (χ0) is 18.5. The van der Waals surface area contributed by atoms with Crippen molar-refractivity contribution >= 4 is 17.2 Å². The second kappa shape index (κ2) is 8.15. The van der Waals surface area contributed by atoms with Crippen molar-refractivity contribution < 1.29 is 13.9 Å². The molecule has 0 unspecified atom stereocenters. The number of benzene rings is 2. The fourth-order valence-corrected chi connectivity index (χ4v) is 3.60. The number of hydrogen-bond acceptors (Lipinski definition) is 3. The lowest BCUT2D eigenvalue weighted by Crippen LogP contribution is -2.32. The summed E-state index contributed by atoms with van der Waals surface area (Å²) >= 11 is 1.54. The fraction of sp³-hybridized carbons (Fsp3) is 0.190. The first-order chi connectivity index (χ1) is 12.5. The van der Waals surface area contributed by atoms with E-state index >= 15 is 0 Å². The van der Waals surface area contributed by atoms with E-state index in [0.29, 0.717) is 5.75 Å². The van der Waals surface area contributed by atoms with Gasteiger partial charge in [-0.05, 0) is 66.2 Å². The Hall–Kier alpha value is -2.66. The zero-order valence-corrected chi connectivity index (χ0v) is 15.5. The molecule has 0 saturated heterocycles. The second-order valence-corrected chi connectivity index (χ2v) is 7.16. The van der Waals surface area contributed by atoms with Crippen LogP contribution < -0.4 is 10.1 Å². The van der Waals surface area contributed by atoms with Crippen LogP contribution in [0, 0.1) is 19.7 Å². The number of ether oxygens (including phenoxy) is 1. The highest BCUT2D eigenvalue weighted by Crippen LogP contribution is 2.26. The van der Waals surface area contributed by atoms with Crippen LogP contribution in [0.15, 0.2) is 60.0 Å². The van der Waals surface area contributed by atoms with Gasteiger partial charge in [0.25, 0.3) is 5.91 Å². The molecule has 0 saturated carbocycles. The van der Waals surface area contributed by atoms with Crippen molar-refractivity contribution in [2.45, 2.75) is 19.9 Å². The lowest BCUT2D eigenvalue weighted by Gasteiger charge is -2.18. The van der Waals surface area contributed by atoms with Gasteiger partial charge in [0.05, 0.1) is 6.04 Å². The van der Waals surface area contributed by atoms with Crippen LogP contribution in [0.5, 0.6) is 5.75 Å². The van der Waals surface area contributed by atoms with Crippen molar-refractivity contribution in [2.75, 3.05) is 6.61 Å². The number of rotatable bonds is 6. The average molecular weight is 369 g/mol. The Morgan fingerprint density at radius 1 is 1.12 bits per heavy atom. The van der Waals surface area contributed by atoms with Gasteiger partial charge < -0.3 is 10.1 Å². The van der Waals surface area contributed by atoms with E-state index in [1.165, 1.54) is 12.1 Å². The van der Waals surface area contributed by atoms with Gasteiger partial charge in [-0.3, -0.25) is 4.79 Å². The summed E-state index contributed by atoms with van der Waals surface area (Å²) in [7, 11) is 0. The summed E-state index contributed by atoms with van der Waals surface area (Å²) in [5, 5.41) is 4.93. The maximum Gasteiger partial charge on any atom is 0.258 e. The summed E-state index contributed by atoms with van der Waals surface area (Å²) in [6.45, 7) is 3.90. The first-order valence-electron chi connectivity index (χ1n) is 8.30. The van der Waals surface area contributed by atoms with E-state index < -0.39 is 0 Å². The molecule has 5 heteroatoms. The molecule has 0 bridgehead atoms. The van der Waals surface area contributed by atoms with E-state index in [4.69, 9.17) is 4.74 Å². The van der Waals surface area contributed by atoms with E-state index in [9.17, 15) is 9.18 Å². The maximum absolute atomic E-state index is 13.2. The van der Waals surface area contributed by atoms with Gasteiger partial charge in [-0.25, -0.2) is 4.39 Å². The number of carbonyl (C=O) groups is 1. The molecule has 26 heavy (non-hydrogen) atoms. The van der Waals surface area contributed by atoms with Crippen LogP contribution in [-0.4, -0.2) is 12.5 Å². The van der Waals surface area contributed by atoms with Crippen molar-refractivity contribution in [3.05, 3.63) is 87.4 Å². The number of nitrogens with one attached hydrogen (secondary N) is 1. The highest BCUT2D eigenvalue weighted by molar-refractivity contribution is 7.10. The molecule has 1 aromatic heterocycles. The topological polar surface area (TPSA) is 38.3 Å². The lowest BCUT2D eigenvalue weighted by molar-refractivity contribution is -0.123. The highest BCUT2D eigenvalue weighted by atomic mass is 32.1. The van der Waals surface area contributed by atoms with Crippen molar-refractivity contribution in [2.24, 2.45) is 0 Å². The van der Waals surface area contributed by atoms with Gasteiger partial charge in [0.2, 0.25) is 0 Å². The van der Waals surface area contributed by atoms with Gasteiger partial charge in [0.1, 0.15) is 11.6 Å². The van der Waals surface area contributed by atoms with Gasteiger partial charge in [-0.15, -0.1) is 11.3 Å². The highest BCUT2D eigenvalue weighted by Gasteiger charge is 2.18. The Kier molecular flexibility index (Phi) is 5.68. The summed E-state index contributed by atoms with van der Waals surface area (Å²) in [5.41, 5.74) is 3.00. The fourth-order valence-electron chi connectivity index (χ4n) is 2.80. The molecule has 0 fully saturated rings. The second-order valence-electron chi connectivity index (χ2n) is 6.18. The summed E-state index contributed by atoms with van der Waals surface area (Å²) < 4.78 is 18.9. The van der Waals surface area contributed by atoms with Crippen molar-refractivity contribution in [3.63, 3.8) is 0 Å². The summed E-state index contributed by atoms with van der Waals surface area (Å²) in [5.74, 6) is 0.141. The van der Waals surface area contributed by atoms with Crippen LogP contribution in [-0.2, 0) is 4.79 Å². The molecule has 3 nitrogen and oxygen atoms in total. The molecule has 1 atom stereocenters. The predicted molar refractivity (Wildman–Crippen MR) is 102 cm³/mol. The van der Waals surface area contributed by atoms with Crippen LogP contribution in [0.25, 0.3) is 0 Å². The van der Waals surface area contributed by atoms with Crippen LogP contribution in [0.4, 0.5) is 4.39 Å². The van der Waals surface area contributed by atoms with Gasteiger partial charge in [0.15, 0.2) is 6.61 Å². The zero-order valence-electron chi connectivity index (χ0n) is 14.7. The molecule has 1 heterocycles. The van der Waals surface area contributed by atoms with E-state index in [1.54, 1.807) is 23.5 Å². The van der Waals surface area contributed by atoms with Gasteiger partial charge in [-0.1, -0.05) is 24.3 Å². The molecular weight excluding hydrogens is 349 g/mol. The number of carbonyl (C=O) groups excluding carboxylic acids is 1. The molecule has 1 N–H and O–H groups in total. The molecule has 2 aromatic carbocycles. The van der Waals surface area contributed by atoms with Crippen molar-refractivity contribution in [1.82, 2.24) is 5.32 Å². The molecule has 3 aromatic rings. The minimum absolute atomic E-state index is 0.0774. The van der Waals surface area contributed by atoms with Crippen LogP contribution in [0.1, 0.15) is 27.6 Å². The quantitative estimate of drug-likeness (QED) is 0.678. The molecule has 134 valence electrons. The third-order valence-electron chi connectivity index (χ3n) is 3.90. The first kappa shape index (κ1) is 18.1. The molecule has 0 aliphatic carbocycles. The molecule has 1 amide bonds. The molecule has 0 spiro atoms. The van der Waals surface area contributed by atoms with Crippen LogP contribution >= 0.6 is 11.3 Å². The largest absolute Gasteiger partial charge is 0.484 e. The monoisotopic (exact) mass is 369 g/mol. The Bertz CT molecular complexity index is 855. The minimum Gasteiger partial charge on any atom is -0.484 e. The predicted octanol–water partition coefficient (Wildman–Crippen LogP) is 4.79.